The number of halogens is 3. The van der Waals surface area contributed by atoms with E-state index in [1.54, 1.807) is 20.8 Å². The Labute approximate surface area is 128 Å². The van der Waals surface area contributed by atoms with Crippen molar-refractivity contribution in [2.75, 3.05) is 7.11 Å². The van der Waals surface area contributed by atoms with Crippen molar-refractivity contribution in [2.24, 2.45) is 0 Å². The van der Waals surface area contributed by atoms with Crippen molar-refractivity contribution in [1.82, 2.24) is 4.98 Å². The Morgan fingerprint density at radius 3 is 2.05 bits per heavy atom. The molecule has 0 fully saturated rings. The second-order valence-corrected chi connectivity index (χ2v) is 6.49. The van der Waals surface area contributed by atoms with Crippen LogP contribution in [-0.2, 0) is 11.6 Å². The summed E-state index contributed by atoms with van der Waals surface area (Å²) >= 11 is 0. The molecule has 122 valence electrons. The van der Waals surface area contributed by atoms with Gasteiger partial charge in [0, 0.05) is 5.41 Å². The largest absolute Gasteiger partial charge is 0.494 e. The predicted octanol–water partition coefficient (Wildman–Crippen LogP) is 3.53. The van der Waals surface area contributed by atoms with Crippen LogP contribution < -0.4 is 4.74 Å². The molecule has 0 aliphatic carbocycles. The number of ether oxygens (including phenoxy) is 1. The first-order valence-electron chi connectivity index (χ1n) is 6.68. The number of hydrogen-bond acceptors (Lipinski definition) is 3. The average molecular weight is 315 g/mol. The summed E-state index contributed by atoms with van der Waals surface area (Å²) in [6, 6.07) is 0.840. The molecule has 0 aromatic carbocycles. The summed E-state index contributed by atoms with van der Waals surface area (Å²) in [5.41, 5.74) is -2.79. The SMILES string of the molecule is COc1c(C#CC(C)(C)O)cc(C(F)(F)F)nc1C(C)(C)C. The fraction of sp³-hybridized carbons (Fsp3) is 0.562. The van der Waals surface area contributed by atoms with Gasteiger partial charge in [-0.05, 0) is 19.9 Å². The maximum atomic E-state index is 13.0. The molecule has 0 saturated heterocycles. The first-order chi connectivity index (χ1) is 9.75. The number of rotatable bonds is 1. The van der Waals surface area contributed by atoms with Crippen molar-refractivity contribution in [3.8, 4) is 17.6 Å². The molecule has 3 nitrogen and oxygen atoms in total. The highest BCUT2D eigenvalue weighted by molar-refractivity contribution is 5.52. The summed E-state index contributed by atoms with van der Waals surface area (Å²) in [5.74, 6) is 5.26. The fourth-order valence-electron chi connectivity index (χ4n) is 1.71. The quantitative estimate of drug-likeness (QED) is 0.806. The Bertz CT molecular complexity index is 612. The Kier molecular flexibility index (Phi) is 4.83. The molecule has 1 N–H and O–H groups in total. The standard InChI is InChI=1S/C16H20F3NO2/c1-14(2,3)13-12(22-6)10(7-8-15(4,5)21)9-11(20-13)16(17,18)19/h9,21H,1-6H3. The van der Waals surface area contributed by atoms with E-state index in [9.17, 15) is 18.3 Å². The van der Waals surface area contributed by atoms with Crippen molar-refractivity contribution < 1.29 is 23.0 Å². The van der Waals surface area contributed by atoms with Crippen molar-refractivity contribution in [2.45, 2.75) is 51.8 Å². The lowest BCUT2D eigenvalue weighted by molar-refractivity contribution is -0.141. The Morgan fingerprint density at radius 2 is 1.68 bits per heavy atom. The second-order valence-electron chi connectivity index (χ2n) is 6.49. The molecule has 1 rings (SSSR count). The minimum atomic E-state index is -4.59. The van der Waals surface area contributed by atoms with Gasteiger partial charge in [-0.25, -0.2) is 4.98 Å². The maximum absolute atomic E-state index is 13.0. The highest BCUT2D eigenvalue weighted by Gasteiger charge is 2.36. The van der Waals surface area contributed by atoms with Crippen LogP contribution in [0.4, 0.5) is 13.2 Å². The zero-order valence-electron chi connectivity index (χ0n) is 13.5. The van der Waals surface area contributed by atoms with Crippen LogP contribution in [0.15, 0.2) is 6.07 Å². The first-order valence-corrected chi connectivity index (χ1v) is 6.68. The minimum Gasteiger partial charge on any atom is -0.494 e. The van der Waals surface area contributed by atoms with Crippen LogP contribution in [0.2, 0.25) is 0 Å². The van der Waals surface area contributed by atoms with E-state index >= 15 is 0 Å². The Balaban J connectivity index is 3.69. The zero-order chi connectivity index (χ0) is 17.3. The van der Waals surface area contributed by atoms with Gasteiger partial charge in [0.05, 0.1) is 18.4 Å². The maximum Gasteiger partial charge on any atom is 0.433 e. The van der Waals surface area contributed by atoms with Crippen LogP contribution in [0.3, 0.4) is 0 Å². The van der Waals surface area contributed by atoms with E-state index in [4.69, 9.17) is 4.74 Å². The number of aromatic nitrogens is 1. The summed E-state index contributed by atoms with van der Waals surface area (Å²) < 4.78 is 44.4. The topological polar surface area (TPSA) is 42.4 Å². The van der Waals surface area contributed by atoms with Gasteiger partial charge in [0.25, 0.3) is 0 Å². The third kappa shape index (κ3) is 4.63. The average Bonchev–Trinajstić information content (AvgIpc) is 2.31. The summed E-state index contributed by atoms with van der Waals surface area (Å²) in [6.07, 6.45) is -4.59. The number of methoxy groups -OCH3 is 1. The molecule has 6 heteroatoms. The summed E-state index contributed by atoms with van der Waals surface area (Å²) in [5, 5.41) is 9.65. The highest BCUT2D eigenvalue weighted by atomic mass is 19.4. The molecule has 22 heavy (non-hydrogen) atoms. The van der Waals surface area contributed by atoms with Gasteiger partial charge in [0.2, 0.25) is 0 Å². The summed E-state index contributed by atoms with van der Waals surface area (Å²) in [6.45, 7) is 8.12. The Hall–Kier alpha value is -1.74. The van der Waals surface area contributed by atoms with Gasteiger partial charge in [-0.2, -0.15) is 13.2 Å². The molecule has 0 spiro atoms. The van der Waals surface area contributed by atoms with E-state index in [-0.39, 0.29) is 17.0 Å². The van der Waals surface area contributed by atoms with E-state index < -0.39 is 22.9 Å². The van der Waals surface area contributed by atoms with Crippen LogP contribution in [0.5, 0.6) is 5.75 Å². The van der Waals surface area contributed by atoms with Gasteiger partial charge < -0.3 is 9.84 Å². The summed E-state index contributed by atoms with van der Waals surface area (Å²) in [7, 11) is 1.36. The normalized spacial score (nSPS) is 12.6. The number of aliphatic hydroxyl groups is 1. The van der Waals surface area contributed by atoms with Crippen molar-refractivity contribution in [3.63, 3.8) is 0 Å². The monoisotopic (exact) mass is 315 g/mol. The molecule has 0 radical (unpaired) electrons. The fourth-order valence-corrected chi connectivity index (χ4v) is 1.71. The van der Waals surface area contributed by atoms with Gasteiger partial charge in [0.15, 0.2) is 5.75 Å². The third-order valence-electron chi connectivity index (χ3n) is 2.68. The smallest absolute Gasteiger partial charge is 0.433 e. The number of hydrogen-bond donors (Lipinski definition) is 1. The Morgan fingerprint density at radius 1 is 1.14 bits per heavy atom. The lowest BCUT2D eigenvalue weighted by atomic mass is 9.89. The van der Waals surface area contributed by atoms with Gasteiger partial charge in [-0.15, -0.1) is 0 Å². The van der Waals surface area contributed by atoms with Crippen molar-refractivity contribution >= 4 is 0 Å². The molecule has 1 aromatic rings. The molecule has 0 saturated carbocycles. The summed E-state index contributed by atoms with van der Waals surface area (Å²) in [4.78, 5) is 3.71. The molecule has 0 amide bonds. The van der Waals surface area contributed by atoms with Crippen LogP contribution in [0, 0.1) is 11.8 Å². The second kappa shape index (κ2) is 5.81. The van der Waals surface area contributed by atoms with E-state index in [0.717, 1.165) is 6.07 Å². The van der Waals surface area contributed by atoms with E-state index in [1.165, 1.54) is 21.0 Å². The highest BCUT2D eigenvalue weighted by Crippen LogP contribution is 2.37. The molecule has 0 atom stereocenters. The van der Waals surface area contributed by atoms with Crippen LogP contribution in [0.1, 0.15) is 51.6 Å². The molecule has 1 aromatic heterocycles. The van der Waals surface area contributed by atoms with Gasteiger partial charge in [-0.1, -0.05) is 32.6 Å². The molecule has 1 heterocycles. The van der Waals surface area contributed by atoms with Crippen LogP contribution >= 0.6 is 0 Å². The van der Waals surface area contributed by atoms with Gasteiger partial charge >= 0.3 is 6.18 Å². The molecular formula is C16H20F3NO2. The zero-order valence-corrected chi connectivity index (χ0v) is 13.5. The van der Waals surface area contributed by atoms with Gasteiger partial charge in [0.1, 0.15) is 11.3 Å². The van der Waals surface area contributed by atoms with Crippen molar-refractivity contribution in [1.29, 1.82) is 0 Å². The van der Waals surface area contributed by atoms with Crippen LogP contribution in [-0.4, -0.2) is 22.8 Å². The first kappa shape index (κ1) is 18.3. The van der Waals surface area contributed by atoms with E-state index in [1.807, 2.05) is 0 Å². The van der Waals surface area contributed by atoms with Crippen LogP contribution in [0.25, 0.3) is 0 Å². The minimum absolute atomic E-state index is 0.0527. The lowest BCUT2D eigenvalue weighted by Crippen LogP contribution is -2.20. The third-order valence-corrected chi connectivity index (χ3v) is 2.68. The predicted molar refractivity (Wildman–Crippen MR) is 77.7 cm³/mol. The molecule has 0 unspecified atom stereocenters. The lowest BCUT2D eigenvalue weighted by Gasteiger charge is -2.23. The molecule has 0 aliphatic rings. The van der Waals surface area contributed by atoms with E-state index in [2.05, 4.69) is 16.8 Å². The van der Waals surface area contributed by atoms with Crippen molar-refractivity contribution in [3.05, 3.63) is 23.0 Å². The molecule has 0 aliphatic heterocycles. The molecule has 0 bridgehead atoms. The number of alkyl halides is 3. The van der Waals surface area contributed by atoms with Gasteiger partial charge in [-0.3, -0.25) is 0 Å². The van der Waals surface area contributed by atoms with E-state index in [0.29, 0.717) is 0 Å². The molecular weight excluding hydrogens is 295 g/mol. The number of pyridine rings is 1. The number of nitrogens with zero attached hydrogens (tertiary/aromatic N) is 1.